The molecule has 0 aliphatic carbocycles. The smallest absolute Gasteiger partial charge is 0.272 e. The van der Waals surface area contributed by atoms with Gasteiger partial charge in [-0.2, -0.15) is 0 Å². The number of rotatable bonds is 4. The zero-order valence-electron chi connectivity index (χ0n) is 11.6. The van der Waals surface area contributed by atoms with E-state index in [9.17, 15) is 14.9 Å². The highest BCUT2D eigenvalue weighted by molar-refractivity contribution is 5.94. The van der Waals surface area contributed by atoms with Crippen LogP contribution in [0.5, 0.6) is 0 Å². The summed E-state index contributed by atoms with van der Waals surface area (Å²) in [6.07, 6.45) is 2.01. The molecule has 6 nitrogen and oxygen atoms in total. The standard InChI is InChI=1S/C14H18N2O4/c1-9-8-11(5-6-12(9)16(18)19)14(17)15-10(2)13-4-3-7-20-13/h5-6,8,10,13H,3-4,7H2,1-2H3,(H,15,17). The molecule has 1 fully saturated rings. The molecule has 0 aromatic heterocycles. The normalized spacial score (nSPS) is 19.6. The molecule has 2 unspecified atom stereocenters. The number of aryl methyl sites for hydroxylation is 1. The van der Waals surface area contributed by atoms with Gasteiger partial charge >= 0.3 is 0 Å². The van der Waals surface area contributed by atoms with E-state index in [1.165, 1.54) is 18.2 Å². The zero-order valence-corrected chi connectivity index (χ0v) is 11.6. The van der Waals surface area contributed by atoms with Crippen molar-refractivity contribution in [2.24, 2.45) is 0 Å². The summed E-state index contributed by atoms with van der Waals surface area (Å²) in [5.74, 6) is -0.231. The highest BCUT2D eigenvalue weighted by Crippen LogP contribution is 2.19. The molecule has 2 atom stereocenters. The van der Waals surface area contributed by atoms with Crippen molar-refractivity contribution in [2.45, 2.75) is 38.8 Å². The summed E-state index contributed by atoms with van der Waals surface area (Å²) in [6.45, 7) is 4.27. The van der Waals surface area contributed by atoms with Gasteiger partial charge in [0.1, 0.15) is 0 Å². The maximum atomic E-state index is 12.1. The van der Waals surface area contributed by atoms with Gasteiger partial charge in [-0.1, -0.05) is 0 Å². The number of hydrogen-bond donors (Lipinski definition) is 1. The van der Waals surface area contributed by atoms with E-state index in [0.717, 1.165) is 19.4 Å². The van der Waals surface area contributed by atoms with Crippen LogP contribution >= 0.6 is 0 Å². The van der Waals surface area contributed by atoms with Crippen LogP contribution in [0.3, 0.4) is 0 Å². The predicted molar refractivity (Wildman–Crippen MR) is 73.7 cm³/mol. The zero-order chi connectivity index (χ0) is 14.7. The Labute approximate surface area is 117 Å². The van der Waals surface area contributed by atoms with Crippen molar-refractivity contribution in [1.29, 1.82) is 0 Å². The first-order valence-electron chi connectivity index (χ1n) is 6.66. The number of hydrogen-bond acceptors (Lipinski definition) is 4. The Kier molecular flexibility index (Phi) is 4.34. The number of nitrogens with one attached hydrogen (secondary N) is 1. The lowest BCUT2D eigenvalue weighted by Crippen LogP contribution is -2.40. The number of benzene rings is 1. The van der Waals surface area contributed by atoms with Crippen LogP contribution in [0.25, 0.3) is 0 Å². The molecule has 2 rings (SSSR count). The minimum atomic E-state index is -0.452. The van der Waals surface area contributed by atoms with Gasteiger partial charge in [-0.05, 0) is 38.8 Å². The van der Waals surface area contributed by atoms with Gasteiger partial charge in [-0.3, -0.25) is 14.9 Å². The number of nitro groups is 1. The van der Waals surface area contributed by atoms with E-state index >= 15 is 0 Å². The monoisotopic (exact) mass is 278 g/mol. The van der Waals surface area contributed by atoms with Gasteiger partial charge in [0.25, 0.3) is 11.6 Å². The second-order valence-corrected chi connectivity index (χ2v) is 5.07. The molecule has 0 spiro atoms. The Balaban J connectivity index is 2.05. The molecular weight excluding hydrogens is 260 g/mol. The molecule has 1 N–H and O–H groups in total. The summed E-state index contributed by atoms with van der Waals surface area (Å²) in [5.41, 5.74) is 0.930. The molecule has 1 aromatic carbocycles. The lowest BCUT2D eigenvalue weighted by molar-refractivity contribution is -0.385. The second-order valence-electron chi connectivity index (χ2n) is 5.07. The van der Waals surface area contributed by atoms with Crippen molar-refractivity contribution in [3.63, 3.8) is 0 Å². The molecule has 0 saturated carbocycles. The van der Waals surface area contributed by atoms with Crippen LogP contribution in [0.15, 0.2) is 18.2 Å². The minimum Gasteiger partial charge on any atom is -0.376 e. The van der Waals surface area contributed by atoms with Crippen LogP contribution in [0.1, 0.15) is 35.7 Å². The van der Waals surface area contributed by atoms with Gasteiger partial charge in [0, 0.05) is 23.8 Å². The van der Waals surface area contributed by atoms with Gasteiger partial charge in [-0.25, -0.2) is 0 Å². The van der Waals surface area contributed by atoms with Gasteiger partial charge in [0.2, 0.25) is 0 Å². The Morgan fingerprint density at radius 2 is 2.30 bits per heavy atom. The van der Waals surface area contributed by atoms with E-state index in [2.05, 4.69) is 5.32 Å². The van der Waals surface area contributed by atoms with Crippen molar-refractivity contribution in [2.75, 3.05) is 6.61 Å². The third-order valence-electron chi connectivity index (χ3n) is 3.54. The number of carbonyl (C=O) groups is 1. The van der Waals surface area contributed by atoms with Crippen LogP contribution in [0.2, 0.25) is 0 Å². The van der Waals surface area contributed by atoms with Crippen LogP contribution in [0.4, 0.5) is 5.69 Å². The molecule has 108 valence electrons. The Hall–Kier alpha value is -1.95. The summed E-state index contributed by atoms with van der Waals surface area (Å²) in [5, 5.41) is 13.6. The summed E-state index contributed by atoms with van der Waals surface area (Å²) in [4.78, 5) is 22.4. The number of nitrogens with zero attached hydrogens (tertiary/aromatic N) is 1. The largest absolute Gasteiger partial charge is 0.376 e. The lowest BCUT2D eigenvalue weighted by Gasteiger charge is -2.20. The van der Waals surface area contributed by atoms with E-state index in [1.54, 1.807) is 6.92 Å². The van der Waals surface area contributed by atoms with Gasteiger partial charge in [-0.15, -0.1) is 0 Å². The SMILES string of the molecule is Cc1cc(C(=O)NC(C)C2CCCO2)ccc1[N+](=O)[O-]. The van der Waals surface area contributed by atoms with E-state index < -0.39 is 4.92 Å². The molecule has 1 heterocycles. The predicted octanol–water partition coefficient (Wildman–Crippen LogP) is 2.20. The average Bonchev–Trinajstić information content (AvgIpc) is 2.91. The van der Waals surface area contributed by atoms with Crippen molar-refractivity contribution in [1.82, 2.24) is 5.32 Å². The third-order valence-corrected chi connectivity index (χ3v) is 3.54. The average molecular weight is 278 g/mol. The summed E-state index contributed by atoms with van der Waals surface area (Å²) < 4.78 is 5.52. The van der Waals surface area contributed by atoms with Crippen LogP contribution < -0.4 is 5.32 Å². The lowest BCUT2D eigenvalue weighted by atomic mass is 10.1. The van der Waals surface area contributed by atoms with E-state index in [0.29, 0.717) is 11.1 Å². The summed E-state index contributed by atoms with van der Waals surface area (Å²) in [7, 11) is 0. The fourth-order valence-corrected chi connectivity index (χ4v) is 2.38. The van der Waals surface area contributed by atoms with Gasteiger partial charge in [0.15, 0.2) is 0 Å². The Bertz CT molecular complexity index is 524. The second kappa shape index (κ2) is 6.00. The summed E-state index contributed by atoms with van der Waals surface area (Å²) in [6, 6.07) is 4.31. The van der Waals surface area contributed by atoms with E-state index in [-0.39, 0.29) is 23.7 Å². The maximum Gasteiger partial charge on any atom is 0.272 e. The van der Waals surface area contributed by atoms with Crippen molar-refractivity contribution >= 4 is 11.6 Å². The Morgan fingerprint density at radius 3 is 2.85 bits per heavy atom. The molecule has 1 aromatic rings. The molecule has 0 radical (unpaired) electrons. The molecule has 1 saturated heterocycles. The topological polar surface area (TPSA) is 81.5 Å². The van der Waals surface area contributed by atoms with Gasteiger partial charge in [0.05, 0.1) is 17.1 Å². The van der Waals surface area contributed by atoms with Crippen molar-refractivity contribution < 1.29 is 14.5 Å². The molecule has 6 heteroatoms. The third kappa shape index (κ3) is 3.14. The van der Waals surface area contributed by atoms with Crippen LogP contribution in [0, 0.1) is 17.0 Å². The number of ether oxygens (including phenoxy) is 1. The number of amides is 1. The molecular formula is C14H18N2O4. The van der Waals surface area contributed by atoms with E-state index in [4.69, 9.17) is 4.74 Å². The number of carbonyl (C=O) groups excluding carboxylic acids is 1. The van der Waals surface area contributed by atoms with Crippen molar-refractivity contribution in [3.05, 3.63) is 39.4 Å². The molecule has 1 amide bonds. The van der Waals surface area contributed by atoms with Gasteiger partial charge < -0.3 is 10.1 Å². The first kappa shape index (κ1) is 14.5. The first-order chi connectivity index (χ1) is 9.49. The fraction of sp³-hybridized carbons (Fsp3) is 0.500. The molecule has 0 bridgehead atoms. The fourth-order valence-electron chi connectivity index (χ4n) is 2.38. The highest BCUT2D eigenvalue weighted by atomic mass is 16.6. The maximum absolute atomic E-state index is 12.1. The molecule has 1 aliphatic rings. The highest BCUT2D eigenvalue weighted by Gasteiger charge is 2.24. The Morgan fingerprint density at radius 1 is 1.55 bits per heavy atom. The van der Waals surface area contributed by atoms with Crippen molar-refractivity contribution in [3.8, 4) is 0 Å². The molecule has 1 aliphatic heterocycles. The summed E-state index contributed by atoms with van der Waals surface area (Å²) >= 11 is 0. The number of nitro benzene ring substituents is 1. The first-order valence-corrected chi connectivity index (χ1v) is 6.66. The minimum absolute atomic E-state index is 0.0220. The van der Waals surface area contributed by atoms with E-state index in [1.807, 2.05) is 6.92 Å². The van der Waals surface area contributed by atoms with Crippen LogP contribution in [-0.2, 0) is 4.74 Å². The quantitative estimate of drug-likeness (QED) is 0.676. The molecule has 20 heavy (non-hydrogen) atoms. The van der Waals surface area contributed by atoms with Crippen LogP contribution in [-0.4, -0.2) is 29.6 Å².